The fourth-order valence-corrected chi connectivity index (χ4v) is 2.85. The Kier molecular flexibility index (Phi) is 5.03. The van der Waals surface area contributed by atoms with Gasteiger partial charge in [-0.05, 0) is 23.8 Å². The highest BCUT2D eigenvalue weighted by molar-refractivity contribution is 7.84. The molecule has 0 spiro atoms. The molecule has 0 bridgehead atoms. The van der Waals surface area contributed by atoms with Gasteiger partial charge in [-0.15, -0.1) is 0 Å². The molecule has 0 aliphatic carbocycles. The van der Waals surface area contributed by atoms with Crippen molar-refractivity contribution in [3.05, 3.63) is 28.8 Å². The lowest BCUT2D eigenvalue weighted by Crippen LogP contribution is -2.32. The average molecular weight is 288 g/mol. The van der Waals surface area contributed by atoms with Crippen molar-refractivity contribution in [1.82, 2.24) is 5.32 Å². The van der Waals surface area contributed by atoms with Crippen molar-refractivity contribution >= 4 is 22.4 Å². The Morgan fingerprint density at radius 1 is 1.56 bits per heavy atom. The fourth-order valence-electron chi connectivity index (χ4n) is 2.00. The third kappa shape index (κ3) is 3.70. The summed E-state index contributed by atoms with van der Waals surface area (Å²) in [5.41, 5.74) is 1.17. The largest absolute Gasteiger partial charge is 0.488 e. The van der Waals surface area contributed by atoms with Crippen LogP contribution in [0, 0.1) is 0 Å². The van der Waals surface area contributed by atoms with E-state index in [1.54, 1.807) is 0 Å². The number of ether oxygens (including phenoxy) is 1. The SMILES string of the molecule is CCS(=O)CCNCC1Cc2cc(Cl)ccc2O1. The maximum Gasteiger partial charge on any atom is 0.123 e. The first-order chi connectivity index (χ1) is 8.69. The Bertz CT molecular complexity index is 439. The van der Waals surface area contributed by atoms with Crippen LogP contribution in [0.3, 0.4) is 0 Å². The number of hydrogen-bond donors (Lipinski definition) is 1. The number of halogens is 1. The number of fused-ring (bicyclic) bond motifs is 1. The van der Waals surface area contributed by atoms with Crippen LogP contribution in [0.25, 0.3) is 0 Å². The lowest BCUT2D eigenvalue weighted by atomic mass is 10.1. The molecular formula is C13H18ClNO2S. The van der Waals surface area contributed by atoms with Crippen molar-refractivity contribution in [2.24, 2.45) is 0 Å². The van der Waals surface area contributed by atoms with Gasteiger partial charge in [0.1, 0.15) is 11.9 Å². The first-order valence-electron chi connectivity index (χ1n) is 6.20. The van der Waals surface area contributed by atoms with Gasteiger partial charge in [0.15, 0.2) is 0 Å². The molecule has 0 fully saturated rings. The maximum absolute atomic E-state index is 11.2. The highest BCUT2D eigenvalue weighted by Gasteiger charge is 2.22. The van der Waals surface area contributed by atoms with Crippen LogP contribution < -0.4 is 10.1 Å². The third-order valence-electron chi connectivity index (χ3n) is 2.96. The normalized spacial score (nSPS) is 19.3. The minimum absolute atomic E-state index is 0.161. The highest BCUT2D eigenvalue weighted by Crippen LogP contribution is 2.30. The van der Waals surface area contributed by atoms with Crippen LogP contribution in [0.5, 0.6) is 5.75 Å². The van der Waals surface area contributed by atoms with E-state index in [4.69, 9.17) is 16.3 Å². The van der Waals surface area contributed by atoms with Crippen molar-refractivity contribution in [1.29, 1.82) is 0 Å². The molecular weight excluding hydrogens is 270 g/mol. The minimum Gasteiger partial charge on any atom is -0.488 e. The van der Waals surface area contributed by atoms with Gasteiger partial charge in [-0.1, -0.05) is 18.5 Å². The quantitative estimate of drug-likeness (QED) is 0.814. The second-order valence-electron chi connectivity index (χ2n) is 4.33. The van der Waals surface area contributed by atoms with E-state index in [1.807, 2.05) is 25.1 Å². The van der Waals surface area contributed by atoms with E-state index in [0.29, 0.717) is 5.75 Å². The maximum atomic E-state index is 11.2. The van der Waals surface area contributed by atoms with Gasteiger partial charge < -0.3 is 10.1 Å². The van der Waals surface area contributed by atoms with Gasteiger partial charge >= 0.3 is 0 Å². The second kappa shape index (κ2) is 6.55. The summed E-state index contributed by atoms with van der Waals surface area (Å²) in [6.07, 6.45) is 1.05. The molecule has 100 valence electrons. The number of hydrogen-bond acceptors (Lipinski definition) is 3. The summed E-state index contributed by atoms with van der Waals surface area (Å²) in [5.74, 6) is 2.37. The van der Waals surface area contributed by atoms with Crippen LogP contribution in [-0.4, -0.2) is 34.9 Å². The Morgan fingerprint density at radius 2 is 2.39 bits per heavy atom. The molecule has 1 aliphatic heterocycles. The Hall–Kier alpha value is -0.580. The summed E-state index contributed by atoms with van der Waals surface area (Å²) in [5, 5.41) is 4.04. The van der Waals surface area contributed by atoms with Crippen molar-refractivity contribution in [3.63, 3.8) is 0 Å². The van der Waals surface area contributed by atoms with Gasteiger partial charge in [-0.25, -0.2) is 0 Å². The van der Waals surface area contributed by atoms with Crippen molar-refractivity contribution in [2.45, 2.75) is 19.4 Å². The zero-order valence-corrected chi connectivity index (χ0v) is 12.0. The molecule has 2 atom stereocenters. The Balaban J connectivity index is 1.73. The van der Waals surface area contributed by atoms with Crippen LogP contribution in [0.2, 0.25) is 5.02 Å². The standard InChI is InChI=1S/C13H18ClNO2S/c1-2-18(16)6-5-15-9-12-8-10-7-11(14)3-4-13(10)17-12/h3-4,7,12,15H,2,5-6,8-9H2,1H3. The van der Waals surface area contributed by atoms with Gasteiger partial charge in [0.25, 0.3) is 0 Å². The minimum atomic E-state index is -0.694. The van der Waals surface area contributed by atoms with Gasteiger partial charge in [0.2, 0.25) is 0 Å². The summed E-state index contributed by atoms with van der Waals surface area (Å²) < 4.78 is 17.0. The molecule has 0 radical (unpaired) electrons. The summed E-state index contributed by atoms with van der Waals surface area (Å²) in [6, 6.07) is 5.73. The predicted molar refractivity (Wildman–Crippen MR) is 76.0 cm³/mol. The third-order valence-corrected chi connectivity index (χ3v) is 4.50. The topological polar surface area (TPSA) is 38.3 Å². The fraction of sp³-hybridized carbons (Fsp3) is 0.538. The molecule has 0 amide bonds. The van der Waals surface area contributed by atoms with Crippen molar-refractivity contribution in [3.8, 4) is 5.75 Å². The lowest BCUT2D eigenvalue weighted by molar-refractivity contribution is 0.229. The molecule has 1 N–H and O–H groups in total. The van der Waals surface area contributed by atoms with Crippen LogP contribution in [-0.2, 0) is 17.2 Å². The van der Waals surface area contributed by atoms with E-state index in [1.165, 1.54) is 5.56 Å². The summed E-state index contributed by atoms with van der Waals surface area (Å²) >= 11 is 5.94. The lowest BCUT2D eigenvalue weighted by Gasteiger charge is -2.11. The van der Waals surface area contributed by atoms with Crippen LogP contribution in [0.15, 0.2) is 18.2 Å². The molecule has 0 saturated carbocycles. The molecule has 2 unspecified atom stereocenters. The van der Waals surface area contributed by atoms with E-state index in [0.717, 1.165) is 36.0 Å². The number of benzene rings is 1. The molecule has 0 aromatic heterocycles. The molecule has 18 heavy (non-hydrogen) atoms. The number of rotatable bonds is 6. The second-order valence-corrected chi connectivity index (χ2v) is 6.63. The highest BCUT2D eigenvalue weighted by atomic mass is 35.5. The van der Waals surface area contributed by atoms with E-state index < -0.39 is 10.8 Å². The zero-order chi connectivity index (χ0) is 13.0. The van der Waals surface area contributed by atoms with Gasteiger partial charge in [0.05, 0.1) is 0 Å². The van der Waals surface area contributed by atoms with Gasteiger partial charge in [-0.3, -0.25) is 4.21 Å². The zero-order valence-electron chi connectivity index (χ0n) is 10.4. The molecule has 1 aromatic carbocycles. The number of nitrogens with one attached hydrogen (secondary N) is 1. The van der Waals surface area contributed by atoms with Crippen LogP contribution in [0.1, 0.15) is 12.5 Å². The summed E-state index contributed by atoms with van der Waals surface area (Å²) in [4.78, 5) is 0. The molecule has 1 aliphatic rings. The van der Waals surface area contributed by atoms with Crippen LogP contribution in [0.4, 0.5) is 0 Å². The van der Waals surface area contributed by atoms with E-state index in [9.17, 15) is 4.21 Å². The molecule has 5 heteroatoms. The first kappa shape index (κ1) is 13.8. The monoisotopic (exact) mass is 287 g/mol. The Labute approximate surface area is 115 Å². The van der Waals surface area contributed by atoms with E-state index >= 15 is 0 Å². The molecule has 1 heterocycles. The van der Waals surface area contributed by atoms with Crippen molar-refractivity contribution in [2.75, 3.05) is 24.6 Å². The molecule has 0 saturated heterocycles. The molecule has 3 nitrogen and oxygen atoms in total. The van der Waals surface area contributed by atoms with E-state index in [-0.39, 0.29) is 6.10 Å². The smallest absolute Gasteiger partial charge is 0.123 e. The molecule has 2 rings (SSSR count). The van der Waals surface area contributed by atoms with E-state index in [2.05, 4.69) is 5.32 Å². The summed E-state index contributed by atoms with van der Waals surface area (Å²) in [7, 11) is -0.694. The van der Waals surface area contributed by atoms with Gasteiger partial charge in [-0.2, -0.15) is 0 Å². The van der Waals surface area contributed by atoms with Gasteiger partial charge in [0, 0.05) is 46.8 Å². The van der Waals surface area contributed by atoms with Crippen molar-refractivity contribution < 1.29 is 8.95 Å². The van der Waals surface area contributed by atoms with Crippen LogP contribution >= 0.6 is 11.6 Å². The predicted octanol–water partition coefficient (Wildman–Crippen LogP) is 2.00. The first-order valence-corrected chi connectivity index (χ1v) is 8.06. The molecule has 1 aromatic rings. The summed E-state index contributed by atoms with van der Waals surface area (Å²) in [6.45, 7) is 3.50. The Morgan fingerprint density at radius 3 is 3.17 bits per heavy atom. The average Bonchev–Trinajstić information content (AvgIpc) is 2.76.